The number of benzene rings is 1. The molecule has 0 aliphatic rings. The maximum absolute atomic E-state index is 6.26. The Bertz CT molecular complexity index is 519. The van der Waals surface area contributed by atoms with Gasteiger partial charge in [0.25, 0.3) is 0 Å². The number of rotatable bonds is 3. The van der Waals surface area contributed by atoms with Crippen molar-refractivity contribution in [2.24, 2.45) is 5.73 Å². The highest BCUT2D eigenvalue weighted by Gasteiger charge is 2.12. The van der Waals surface area contributed by atoms with Crippen molar-refractivity contribution in [3.63, 3.8) is 0 Å². The van der Waals surface area contributed by atoms with Gasteiger partial charge in [0.15, 0.2) is 0 Å². The van der Waals surface area contributed by atoms with Crippen LogP contribution >= 0.6 is 11.3 Å². The van der Waals surface area contributed by atoms with E-state index in [1.807, 2.05) is 19.1 Å². The zero-order valence-electron chi connectivity index (χ0n) is 10.4. The summed E-state index contributed by atoms with van der Waals surface area (Å²) in [6.07, 6.45) is 0. The molecule has 0 saturated carbocycles. The molecule has 2 rings (SSSR count). The molecule has 2 aromatic rings. The molecule has 2 N–H and O–H groups in total. The molecule has 1 aromatic carbocycles. The summed E-state index contributed by atoms with van der Waals surface area (Å²) in [6, 6.07) is 10.3. The number of hydrogen-bond donors (Lipinski definition) is 1. The fourth-order valence-electron chi connectivity index (χ4n) is 1.88. The van der Waals surface area contributed by atoms with Crippen LogP contribution in [0.5, 0.6) is 5.75 Å². The molecule has 3 heteroatoms. The van der Waals surface area contributed by atoms with Crippen molar-refractivity contribution in [2.75, 3.05) is 7.11 Å². The van der Waals surface area contributed by atoms with Crippen LogP contribution in [0.4, 0.5) is 0 Å². The Kier molecular flexibility index (Phi) is 3.50. The fourth-order valence-corrected chi connectivity index (χ4v) is 2.79. The second-order valence-electron chi connectivity index (χ2n) is 4.16. The molecule has 90 valence electrons. The highest BCUT2D eigenvalue weighted by atomic mass is 32.1. The van der Waals surface area contributed by atoms with Crippen LogP contribution in [0, 0.1) is 13.8 Å². The maximum Gasteiger partial charge on any atom is 0.121 e. The Balaban J connectivity index is 2.31. The number of ether oxygens (including phenoxy) is 1. The van der Waals surface area contributed by atoms with E-state index in [2.05, 4.69) is 25.1 Å². The van der Waals surface area contributed by atoms with E-state index < -0.39 is 0 Å². The summed E-state index contributed by atoms with van der Waals surface area (Å²) in [5.41, 5.74) is 8.51. The Morgan fingerprint density at radius 2 is 1.94 bits per heavy atom. The molecule has 1 aromatic heterocycles. The number of methoxy groups -OCH3 is 1. The van der Waals surface area contributed by atoms with E-state index in [0.29, 0.717) is 0 Å². The van der Waals surface area contributed by atoms with Gasteiger partial charge >= 0.3 is 0 Å². The molecule has 0 aliphatic heterocycles. The Morgan fingerprint density at radius 1 is 1.18 bits per heavy atom. The summed E-state index contributed by atoms with van der Waals surface area (Å²) in [4.78, 5) is 2.49. The van der Waals surface area contributed by atoms with Crippen molar-refractivity contribution in [3.05, 3.63) is 51.2 Å². The van der Waals surface area contributed by atoms with Gasteiger partial charge in [-0.3, -0.25) is 0 Å². The van der Waals surface area contributed by atoms with Gasteiger partial charge in [-0.1, -0.05) is 12.1 Å². The monoisotopic (exact) mass is 247 g/mol. The molecule has 0 saturated heterocycles. The average molecular weight is 247 g/mol. The highest BCUT2D eigenvalue weighted by Crippen LogP contribution is 2.29. The van der Waals surface area contributed by atoms with E-state index in [9.17, 15) is 0 Å². The smallest absolute Gasteiger partial charge is 0.121 e. The summed E-state index contributed by atoms with van der Waals surface area (Å²) in [7, 11) is 1.69. The maximum atomic E-state index is 6.26. The quantitative estimate of drug-likeness (QED) is 0.902. The topological polar surface area (TPSA) is 35.2 Å². The van der Waals surface area contributed by atoms with E-state index in [0.717, 1.165) is 16.9 Å². The van der Waals surface area contributed by atoms with Crippen LogP contribution < -0.4 is 10.5 Å². The zero-order valence-corrected chi connectivity index (χ0v) is 11.2. The average Bonchev–Trinajstić information content (AvgIpc) is 2.75. The number of thiophene rings is 1. The van der Waals surface area contributed by atoms with Gasteiger partial charge in [0.2, 0.25) is 0 Å². The standard InChI is InChI=1S/C14H17NOS/c1-9-8-11(5-6-12(9)16-3)14(15)13-7-4-10(2)17-13/h4-8,14H,15H2,1-3H3. The Hall–Kier alpha value is -1.32. The van der Waals surface area contributed by atoms with Crippen molar-refractivity contribution in [1.29, 1.82) is 0 Å². The second-order valence-corrected chi connectivity index (χ2v) is 5.47. The SMILES string of the molecule is COc1ccc(C(N)c2ccc(C)s2)cc1C. The molecule has 0 spiro atoms. The predicted molar refractivity (Wildman–Crippen MR) is 72.8 cm³/mol. The van der Waals surface area contributed by atoms with Crippen LogP contribution in [-0.4, -0.2) is 7.11 Å². The van der Waals surface area contributed by atoms with Crippen LogP contribution in [0.15, 0.2) is 30.3 Å². The van der Waals surface area contributed by atoms with Gasteiger partial charge in [0.05, 0.1) is 13.2 Å². The third kappa shape index (κ3) is 2.51. The van der Waals surface area contributed by atoms with E-state index in [4.69, 9.17) is 10.5 Å². The molecular weight excluding hydrogens is 230 g/mol. The molecule has 17 heavy (non-hydrogen) atoms. The van der Waals surface area contributed by atoms with Crippen LogP contribution in [0.25, 0.3) is 0 Å². The van der Waals surface area contributed by atoms with Crippen LogP contribution in [-0.2, 0) is 0 Å². The molecule has 1 heterocycles. The van der Waals surface area contributed by atoms with Gasteiger partial charge in [0, 0.05) is 9.75 Å². The molecule has 0 bridgehead atoms. The van der Waals surface area contributed by atoms with Gasteiger partial charge < -0.3 is 10.5 Å². The summed E-state index contributed by atoms with van der Waals surface area (Å²) in [5, 5.41) is 0. The largest absolute Gasteiger partial charge is 0.496 e. The lowest BCUT2D eigenvalue weighted by Crippen LogP contribution is -2.10. The molecule has 0 fully saturated rings. The second kappa shape index (κ2) is 4.90. The van der Waals surface area contributed by atoms with Gasteiger partial charge in [-0.05, 0) is 43.2 Å². The van der Waals surface area contributed by atoms with Gasteiger partial charge in [-0.25, -0.2) is 0 Å². The summed E-state index contributed by atoms with van der Waals surface area (Å²) >= 11 is 1.75. The summed E-state index contributed by atoms with van der Waals surface area (Å²) < 4.78 is 5.25. The Morgan fingerprint density at radius 3 is 2.47 bits per heavy atom. The van der Waals surface area contributed by atoms with Crippen molar-refractivity contribution in [3.8, 4) is 5.75 Å². The summed E-state index contributed by atoms with van der Waals surface area (Å²) in [6.45, 7) is 4.13. The Labute approximate surface area is 106 Å². The number of nitrogens with two attached hydrogens (primary N) is 1. The van der Waals surface area contributed by atoms with Gasteiger partial charge in [0.1, 0.15) is 5.75 Å². The van der Waals surface area contributed by atoms with Crippen LogP contribution in [0.2, 0.25) is 0 Å². The molecule has 1 unspecified atom stereocenters. The normalized spacial score (nSPS) is 12.5. The first-order chi connectivity index (χ1) is 8.11. The first-order valence-electron chi connectivity index (χ1n) is 5.58. The van der Waals surface area contributed by atoms with Gasteiger partial charge in [-0.15, -0.1) is 11.3 Å². The minimum atomic E-state index is -0.0432. The minimum absolute atomic E-state index is 0.0432. The zero-order chi connectivity index (χ0) is 12.4. The third-order valence-corrected chi connectivity index (χ3v) is 3.93. The third-order valence-electron chi connectivity index (χ3n) is 2.85. The van der Waals surface area contributed by atoms with E-state index >= 15 is 0 Å². The lowest BCUT2D eigenvalue weighted by molar-refractivity contribution is 0.411. The molecule has 0 amide bonds. The lowest BCUT2D eigenvalue weighted by Gasteiger charge is -2.12. The van der Waals surface area contributed by atoms with E-state index in [-0.39, 0.29) is 6.04 Å². The van der Waals surface area contributed by atoms with E-state index in [1.54, 1.807) is 18.4 Å². The van der Waals surface area contributed by atoms with Crippen molar-refractivity contribution < 1.29 is 4.74 Å². The van der Waals surface area contributed by atoms with Crippen LogP contribution in [0.3, 0.4) is 0 Å². The van der Waals surface area contributed by atoms with Gasteiger partial charge in [-0.2, -0.15) is 0 Å². The van der Waals surface area contributed by atoms with Crippen molar-refractivity contribution in [1.82, 2.24) is 0 Å². The number of aryl methyl sites for hydroxylation is 2. The lowest BCUT2D eigenvalue weighted by atomic mass is 10.0. The van der Waals surface area contributed by atoms with Crippen LogP contribution in [0.1, 0.15) is 26.9 Å². The molecule has 1 atom stereocenters. The molecule has 0 aliphatic carbocycles. The predicted octanol–water partition coefficient (Wildman–Crippen LogP) is 3.42. The fraction of sp³-hybridized carbons (Fsp3) is 0.286. The minimum Gasteiger partial charge on any atom is -0.496 e. The van der Waals surface area contributed by atoms with Crippen molar-refractivity contribution in [2.45, 2.75) is 19.9 Å². The van der Waals surface area contributed by atoms with Crippen molar-refractivity contribution >= 4 is 11.3 Å². The highest BCUT2D eigenvalue weighted by molar-refractivity contribution is 7.12. The first-order valence-corrected chi connectivity index (χ1v) is 6.40. The number of hydrogen-bond acceptors (Lipinski definition) is 3. The van der Waals surface area contributed by atoms with E-state index in [1.165, 1.54) is 9.75 Å². The molecule has 0 radical (unpaired) electrons. The first kappa shape index (κ1) is 12.1. The molecular formula is C14H17NOS. The molecule has 2 nitrogen and oxygen atoms in total. The summed E-state index contributed by atoms with van der Waals surface area (Å²) in [5.74, 6) is 0.906.